The predicted octanol–water partition coefficient (Wildman–Crippen LogP) is 2.11. The number of pyridine rings is 1. The zero-order valence-electron chi connectivity index (χ0n) is 17.0. The van der Waals surface area contributed by atoms with Gasteiger partial charge in [0.05, 0.1) is 31.8 Å². The smallest absolute Gasteiger partial charge is 0.475 e. The fourth-order valence-electron chi connectivity index (χ4n) is 4.10. The third-order valence-electron chi connectivity index (χ3n) is 5.57. The van der Waals surface area contributed by atoms with Crippen LogP contribution in [0.2, 0.25) is 0 Å². The molecule has 0 unspecified atom stereocenters. The zero-order chi connectivity index (χ0) is 22.4. The number of nitrogens with zero attached hydrogens (tertiary/aromatic N) is 3. The van der Waals surface area contributed by atoms with Crippen molar-refractivity contribution in [1.29, 1.82) is 0 Å². The maximum absolute atomic E-state index is 12.5. The number of aliphatic carboxylic acids is 1. The van der Waals surface area contributed by atoms with Crippen LogP contribution in [0.4, 0.5) is 13.2 Å². The van der Waals surface area contributed by atoms with Gasteiger partial charge in [-0.15, -0.1) is 0 Å². The molecule has 1 aromatic heterocycles. The summed E-state index contributed by atoms with van der Waals surface area (Å²) >= 11 is 0. The van der Waals surface area contributed by atoms with E-state index in [-0.39, 0.29) is 11.8 Å². The molecule has 1 amide bonds. The van der Waals surface area contributed by atoms with Crippen LogP contribution in [0.3, 0.4) is 0 Å². The molecule has 3 fully saturated rings. The molecule has 11 heteroatoms. The number of likely N-dealkylation sites (tertiary alicyclic amines) is 1. The molecule has 0 aromatic carbocycles. The topological polar surface area (TPSA) is 92.2 Å². The number of carboxylic acids is 1. The van der Waals surface area contributed by atoms with Crippen LogP contribution in [-0.2, 0) is 25.7 Å². The van der Waals surface area contributed by atoms with Crippen LogP contribution >= 0.6 is 0 Å². The minimum atomic E-state index is -5.08. The number of hydrogen-bond donors (Lipinski definition) is 1. The zero-order valence-corrected chi connectivity index (χ0v) is 17.0. The van der Waals surface area contributed by atoms with Gasteiger partial charge in [-0.3, -0.25) is 19.5 Å². The van der Waals surface area contributed by atoms with Gasteiger partial charge in [-0.05, 0) is 36.8 Å². The molecule has 31 heavy (non-hydrogen) atoms. The standard InChI is InChI=1S/C18H25N3O3.C2HF3O2/c22-18(21-6-2-8-24-21)16-9-15-12-20(7-4-17(15)23-13-16)11-14-3-1-5-19-10-14;3-2(4,5)1(6)7/h1,3,5,10,15-17H,2,4,6-9,11-13H2;(H,6,7)/t15-,16-,17+;/m0./s1. The van der Waals surface area contributed by atoms with Crippen molar-refractivity contribution >= 4 is 11.9 Å². The summed E-state index contributed by atoms with van der Waals surface area (Å²) in [6.45, 7) is 4.88. The molecule has 3 saturated heterocycles. The molecular formula is C20H26F3N3O5. The quantitative estimate of drug-likeness (QED) is 0.762. The summed E-state index contributed by atoms with van der Waals surface area (Å²) < 4.78 is 37.8. The van der Waals surface area contributed by atoms with Gasteiger partial charge in [-0.1, -0.05) is 6.07 Å². The Hall–Kier alpha value is -2.24. The molecule has 3 aliphatic rings. The Morgan fingerprint density at radius 1 is 1.29 bits per heavy atom. The van der Waals surface area contributed by atoms with E-state index in [9.17, 15) is 18.0 Å². The number of carbonyl (C=O) groups is 2. The minimum absolute atomic E-state index is 0.0531. The van der Waals surface area contributed by atoms with Gasteiger partial charge in [0.2, 0.25) is 0 Å². The molecule has 3 atom stereocenters. The van der Waals surface area contributed by atoms with E-state index in [1.807, 2.05) is 12.3 Å². The second kappa shape index (κ2) is 10.4. The second-order valence-electron chi connectivity index (χ2n) is 7.88. The highest BCUT2D eigenvalue weighted by atomic mass is 19.4. The molecule has 0 saturated carbocycles. The van der Waals surface area contributed by atoms with Crippen LogP contribution in [0.5, 0.6) is 0 Å². The molecule has 1 N–H and O–H groups in total. The van der Waals surface area contributed by atoms with Crippen molar-refractivity contribution in [3.05, 3.63) is 30.1 Å². The Kier molecular flexibility index (Phi) is 7.84. The lowest BCUT2D eigenvalue weighted by Gasteiger charge is -2.43. The summed E-state index contributed by atoms with van der Waals surface area (Å²) in [7, 11) is 0. The SMILES string of the molecule is O=C(O)C(F)(F)F.O=C([C@@H]1CO[C@@H]2CCN(Cc3cccnc3)C[C@@H]2C1)N1CCCO1. The van der Waals surface area contributed by atoms with Crippen molar-refractivity contribution < 1.29 is 37.4 Å². The summed E-state index contributed by atoms with van der Waals surface area (Å²) in [5.41, 5.74) is 1.24. The van der Waals surface area contributed by atoms with E-state index in [0.717, 1.165) is 45.4 Å². The second-order valence-corrected chi connectivity index (χ2v) is 7.88. The number of rotatable bonds is 3. The summed E-state index contributed by atoms with van der Waals surface area (Å²) in [6.07, 6.45) is 1.85. The first-order valence-electron chi connectivity index (χ1n) is 10.2. The number of piperidine rings is 1. The van der Waals surface area contributed by atoms with Gasteiger partial charge in [-0.25, -0.2) is 9.86 Å². The molecule has 0 spiro atoms. The average Bonchev–Trinajstić information content (AvgIpc) is 3.28. The summed E-state index contributed by atoms with van der Waals surface area (Å²) in [5, 5.41) is 8.67. The highest BCUT2D eigenvalue weighted by molar-refractivity contribution is 5.78. The van der Waals surface area contributed by atoms with E-state index >= 15 is 0 Å². The Bertz CT molecular complexity index is 743. The third kappa shape index (κ3) is 6.62. The van der Waals surface area contributed by atoms with Gasteiger partial charge >= 0.3 is 12.1 Å². The van der Waals surface area contributed by atoms with Crippen molar-refractivity contribution in [2.45, 2.75) is 38.1 Å². The maximum atomic E-state index is 12.5. The normalized spacial score (nSPS) is 26.5. The number of ether oxygens (including phenoxy) is 1. The van der Waals surface area contributed by atoms with E-state index in [4.69, 9.17) is 19.5 Å². The van der Waals surface area contributed by atoms with Crippen LogP contribution in [-0.4, -0.2) is 77.1 Å². The van der Waals surface area contributed by atoms with E-state index in [1.54, 1.807) is 11.3 Å². The van der Waals surface area contributed by atoms with Gasteiger partial charge in [0.15, 0.2) is 0 Å². The molecule has 8 nitrogen and oxygen atoms in total. The van der Waals surface area contributed by atoms with Gasteiger partial charge in [0, 0.05) is 32.0 Å². The molecule has 3 aliphatic heterocycles. The van der Waals surface area contributed by atoms with Crippen LogP contribution in [0, 0.1) is 11.8 Å². The molecule has 0 bridgehead atoms. The van der Waals surface area contributed by atoms with Crippen molar-refractivity contribution in [2.24, 2.45) is 11.8 Å². The largest absolute Gasteiger partial charge is 0.490 e. The van der Waals surface area contributed by atoms with Crippen LogP contribution in [0.25, 0.3) is 0 Å². The van der Waals surface area contributed by atoms with Crippen LogP contribution in [0.15, 0.2) is 24.5 Å². The molecular weight excluding hydrogens is 419 g/mol. The Morgan fingerprint density at radius 3 is 2.68 bits per heavy atom. The van der Waals surface area contributed by atoms with Crippen LogP contribution < -0.4 is 0 Å². The van der Waals surface area contributed by atoms with Gasteiger partial charge in [-0.2, -0.15) is 13.2 Å². The molecule has 0 aliphatic carbocycles. The Labute approximate surface area is 177 Å². The molecule has 1 aromatic rings. The van der Waals surface area contributed by atoms with E-state index in [2.05, 4.69) is 16.0 Å². The molecule has 172 valence electrons. The monoisotopic (exact) mass is 445 g/mol. The fraction of sp³-hybridized carbons (Fsp3) is 0.650. The number of amides is 1. The number of aromatic nitrogens is 1. The lowest BCUT2D eigenvalue weighted by molar-refractivity contribution is -0.192. The van der Waals surface area contributed by atoms with Gasteiger partial charge < -0.3 is 9.84 Å². The van der Waals surface area contributed by atoms with Crippen molar-refractivity contribution in [3.63, 3.8) is 0 Å². The van der Waals surface area contributed by atoms with Gasteiger partial charge in [0.25, 0.3) is 5.91 Å². The number of fused-ring (bicyclic) bond motifs is 1. The van der Waals surface area contributed by atoms with Crippen molar-refractivity contribution in [3.8, 4) is 0 Å². The number of hydroxylamine groups is 2. The molecule has 0 radical (unpaired) electrons. The fourth-order valence-corrected chi connectivity index (χ4v) is 4.10. The average molecular weight is 445 g/mol. The highest BCUT2D eigenvalue weighted by Gasteiger charge is 2.40. The summed E-state index contributed by atoms with van der Waals surface area (Å²) in [6, 6.07) is 4.10. The van der Waals surface area contributed by atoms with Crippen LogP contribution in [0.1, 0.15) is 24.8 Å². The molecule has 4 rings (SSSR count). The first-order valence-corrected chi connectivity index (χ1v) is 10.2. The third-order valence-corrected chi connectivity index (χ3v) is 5.57. The number of hydrogen-bond acceptors (Lipinski definition) is 6. The Morgan fingerprint density at radius 2 is 2.06 bits per heavy atom. The first kappa shape index (κ1) is 23.4. The summed E-state index contributed by atoms with van der Waals surface area (Å²) in [5.74, 6) is -2.27. The first-order chi connectivity index (χ1) is 14.7. The molecule has 4 heterocycles. The maximum Gasteiger partial charge on any atom is 0.490 e. The number of carbonyl (C=O) groups excluding carboxylic acids is 1. The van der Waals surface area contributed by atoms with E-state index in [0.29, 0.717) is 25.2 Å². The summed E-state index contributed by atoms with van der Waals surface area (Å²) in [4.78, 5) is 33.5. The number of carboxylic acid groups (broad SMARTS) is 1. The van der Waals surface area contributed by atoms with E-state index < -0.39 is 12.1 Å². The number of alkyl halides is 3. The van der Waals surface area contributed by atoms with Gasteiger partial charge in [0.1, 0.15) is 0 Å². The van der Waals surface area contributed by atoms with Crippen molar-refractivity contribution in [2.75, 3.05) is 32.8 Å². The Balaban J connectivity index is 0.000000339. The van der Waals surface area contributed by atoms with Crippen molar-refractivity contribution in [1.82, 2.24) is 14.9 Å². The predicted molar refractivity (Wildman–Crippen MR) is 101 cm³/mol. The van der Waals surface area contributed by atoms with E-state index in [1.165, 1.54) is 5.56 Å². The lowest BCUT2D eigenvalue weighted by Crippen LogP contribution is -2.50. The minimum Gasteiger partial charge on any atom is -0.475 e. The lowest BCUT2D eigenvalue weighted by atomic mass is 9.83. The number of halogens is 3. The highest BCUT2D eigenvalue weighted by Crippen LogP contribution is 2.33.